The van der Waals surface area contributed by atoms with Crippen LogP contribution >= 0.6 is 0 Å². The minimum Gasteiger partial charge on any atom is -0.389 e. The Kier molecular flexibility index (Phi) is 10.9. The van der Waals surface area contributed by atoms with E-state index in [1.54, 1.807) is 6.26 Å². The predicted octanol–water partition coefficient (Wildman–Crippen LogP) is 1.16. The van der Waals surface area contributed by atoms with Gasteiger partial charge in [-0.3, -0.25) is 4.21 Å². The molecular formula is C13H29NO3S. The van der Waals surface area contributed by atoms with Gasteiger partial charge in [0.05, 0.1) is 12.7 Å². The largest absolute Gasteiger partial charge is 0.389 e. The second-order valence-electron chi connectivity index (χ2n) is 5.31. The number of rotatable bonds is 11. The van der Waals surface area contributed by atoms with Gasteiger partial charge in [-0.1, -0.05) is 13.8 Å². The van der Waals surface area contributed by atoms with E-state index >= 15 is 0 Å². The summed E-state index contributed by atoms with van der Waals surface area (Å²) in [5.41, 5.74) is 0. The van der Waals surface area contributed by atoms with E-state index in [-0.39, 0.29) is 6.04 Å². The van der Waals surface area contributed by atoms with Crippen LogP contribution in [0.3, 0.4) is 0 Å². The van der Waals surface area contributed by atoms with Crippen molar-refractivity contribution in [1.82, 2.24) is 5.32 Å². The Morgan fingerprint density at radius 2 is 2.00 bits per heavy atom. The van der Waals surface area contributed by atoms with Crippen LogP contribution < -0.4 is 5.32 Å². The van der Waals surface area contributed by atoms with Gasteiger partial charge >= 0.3 is 0 Å². The lowest BCUT2D eigenvalue weighted by Crippen LogP contribution is -2.38. The van der Waals surface area contributed by atoms with Crippen LogP contribution in [0.4, 0.5) is 0 Å². The summed E-state index contributed by atoms with van der Waals surface area (Å²) in [7, 11) is -0.798. The monoisotopic (exact) mass is 279 g/mol. The van der Waals surface area contributed by atoms with Crippen molar-refractivity contribution in [3.8, 4) is 0 Å². The Hall–Kier alpha value is 0.0300. The minimum atomic E-state index is -0.798. The molecule has 3 unspecified atom stereocenters. The molecule has 18 heavy (non-hydrogen) atoms. The first kappa shape index (κ1) is 18.0. The molecular weight excluding hydrogens is 250 g/mol. The van der Waals surface area contributed by atoms with Gasteiger partial charge < -0.3 is 15.2 Å². The van der Waals surface area contributed by atoms with Crippen LogP contribution in [0.1, 0.15) is 33.6 Å². The number of hydrogen-bond donors (Lipinski definition) is 2. The Labute approximate surface area is 114 Å². The van der Waals surface area contributed by atoms with Crippen LogP contribution in [0.15, 0.2) is 0 Å². The molecule has 0 amide bonds. The topological polar surface area (TPSA) is 58.6 Å². The molecule has 0 radical (unpaired) electrons. The van der Waals surface area contributed by atoms with E-state index < -0.39 is 16.9 Å². The molecule has 0 aliphatic rings. The quantitative estimate of drug-likeness (QED) is 0.557. The van der Waals surface area contributed by atoms with E-state index in [4.69, 9.17) is 4.74 Å². The lowest BCUT2D eigenvalue weighted by Gasteiger charge is -2.16. The lowest BCUT2D eigenvalue weighted by atomic mass is 10.1. The first-order valence-corrected chi connectivity index (χ1v) is 8.43. The van der Waals surface area contributed by atoms with Crippen molar-refractivity contribution in [2.24, 2.45) is 5.92 Å². The molecule has 3 atom stereocenters. The standard InChI is InChI=1S/C13H29NO3S/c1-11(2)6-5-7-17-9-13(15)8-14-12(3)10-18(4)16/h11-15H,5-10H2,1-4H3. The highest BCUT2D eigenvalue weighted by molar-refractivity contribution is 7.84. The van der Waals surface area contributed by atoms with Crippen LogP contribution in [-0.4, -0.2) is 53.2 Å². The smallest absolute Gasteiger partial charge is 0.0897 e. The molecule has 2 N–H and O–H groups in total. The maximum absolute atomic E-state index is 11.0. The highest BCUT2D eigenvalue weighted by Crippen LogP contribution is 2.03. The second kappa shape index (κ2) is 10.9. The molecule has 0 aromatic heterocycles. The molecule has 0 aromatic carbocycles. The number of nitrogens with one attached hydrogen (secondary N) is 1. The van der Waals surface area contributed by atoms with Crippen LogP contribution in [0.25, 0.3) is 0 Å². The Morgan fingerprint density at radius 3 is 2.56 bits per heavy atom. The predicted molar refractivity (Wildman–Crippen MR) is 77.3 cm³/mol. The number of hydrogen-bond acceptors (Lipinski definition) is 4. The maximum Gasteiger partial charge on any atom is 0.0897 e. The molecule has 110 valence electrons. The highest BCUT2D eigenvalue weighted by Gasteiger charge is 2.08. The summed E-state index contributed by atoms with van der Waals surface area (Å²) >= 11 is 0. The molecule has 0 aliphatic heterocycles. The molecule has 0 bridgehead atoms. The maximum atomic E-state index is 11.0. The van der Waals surface area contributed by atoms with Crippen molar-refractivity contribution in [2.45, 2.75) is 45.8 Å². The zero-order chi connectivity index (χ0) is 14.0. The van der Waals surface area contributed by atoms with Gasteiger partial charge in [0.2, 0.25) is 0 Å². The Morgan fingerprint density at radius 1 is 1.33 bits per heavy atom. The molecule has 0 fully saturated rings. The summed E-state index contributed by atoms with van der Waals surface area (Å²) < 4.78 is 16.4. The fraction of sp³-hybridized carbons (Fsp3) is 1.00. The first-order chi connectivity index (χ1) is 8.41. The molecule has 0 saturated heterocycles. The third-order valence-corrected chi connectivity index (χ3v) is 3.54. The van der Waals surface area contributed by atoms with Crippen molar-refractivity contribution in [3.63, 3.8) is 0 Å². The number of ether oxygens (including phenoxy) is 1. The third kappa shape index (κ3) is 12.5. The van der Waals surface area contributed by atoms with Gasteiger partial charge in [0.1, 0.15) is 0 Å². The summed E-state index contributed by atoms with van der Waals surface area (Å²) in [6.45, 7) is 7.92. The minimum absolute atomic E-state index is 0.159. The molecule has 0 heterocycles. The van der Waals surface area contributed by atoms with Crippen LogP contribution in [-0.2, 0) is 15.5 Å². The summed E-state index contributed by atoms with van der Waals surface area (Å²) in [5.74, 6) is 1.32. The molecule has 0 spiro atoms. The number of aliphatic hydroxyl groups is 1. The van der Waals surface area contributed by atoms with Crippen LogP contribution in [0, 0.1) is 5.92 Å². The van der Waals surface area contributed by atoms with E-state index in [1.165, 1.54) is 0 Å². The first-order valence-electron chi connectivity index (χ1n) is 6.71. The second-order valence-corrected chi connectivity index (χ2v) is 6.79. The Balaban J connectivity index is 3.42. The SMILES string of the molecule is CC(C)CCCOCC(O)CNC(C)CS(C)=O. The van der Waals surface area contributed by atoms with Crippen molar-refractivity contribution in [1.29, 1.82) is 0 Å². The number of aliphatic hydroxyl groups excluding tert-OH is 1. The van der Waals surface area contributed by atoms with Crippen molar-refractivity contribution in [2.75, 3.05) is 31.8 Å². The van der Waals surface area contributed by atoms with Gasteiger partial charge in [0.15, 0.2) is 0 Å². The average molecular weight is 279 g/mol. The normalized spacial score (nSPS) is 16.8. The molecule has 0 aliphatic carbocycles. The molecule has 4 nitrogen and oxygen atoms in total. The van der Waals surface area contributed by atoms with Gasteiger partial charge in [-0.25, -0.2) is 0 Å². The average Bonchev–Trinajstić information content (AvgIpc) is 2.24. The highest BCUT2D eigenvalue weighted by atomic mass is 32.2. The third-order valence-electron chi connectivity index (χ3n) is 2.57. The fourth-order valence-electron chi connectivity index (χ4n) is 1.62. The van der Waals surface area contributed by atoms with Crippen molar-refractivity contribution >= 4 is 10.8 Å². The van der Waals surface area contributed by atoms with Crippen molar-refractivity contribution in [3.05, 3.63) is 0 Å². The van der Waals surface area contributed by atoms with Crippen molar-refractivity contribution < 1.29 is 14.1 Å². The molecule has 0 rings (SSSR count). The van der Waals surface area contributed by atoms with E-state index in [0.717, 1.165) is 12.8 Å². The van der Waals surface area contributed by atoms with Gasteiger partial charge in [-0.15, -0.1) is 0 Å². The van der Waals surface area contributed by atoms with Gasteiger partial charge in [0, 0.05) is 42.0 Å². The summed E-state index contributed by atoms with van der Waals surface area (Å²) in [5, 5.41) is 12.8. The molecule has 0 saturated carbocycles. The Bertz CT molecular complexity index is 224. The van der Waals surface area contributed by atoms with E-state index in [1.807, 2.05) is 6.92 Å². The zero-order valence-electron chi connectivity index (χ0n) is 12.1. The summed E-state index contributed by atoms with van der Waals surface area (Å²) in [4.78, 5) is 0. The van der Waals surface area contributed by atoms with E-state index in [2.05, 4.69) is 19.2 Å². The lowest BCUT2D eigenvalue weighted by molar-refractivity contribution is 0.0340. The van der Waals surface area contributed by atoms with Gasteiger partial charge in [0.25, 0.3) is 0 Å². The summed E-state index contributed by atoms with van der Waals surface area (Å²) in [6, 6.07) is 0.159. The fourth-order valence-corrected chi connectivity index (χ4v) is 2.44. The molecule has 5 heteroatoms. The van der Waals surface area contributed by atoms with Crippen LogP contribution in [0.2, 0.25) is 0 Å². The van der Waals surface area contributed by atoms with E-state index in [0.29, 0.717) is 31.4 Å². The van der Waals surface area contributed by atoms with Gasteiger partial charge in [-0.05, 0) is 25.7 Å². The zero-order valence-corrected chi connectivity index (χ0v) is 13.0. The van der Waals surface area contributed by atoms with Gasteiger partial charge in [-0.2, -0.15) is 0 Å². The van der Waals surface area contributed by atoms with Crippen LogP contribution in [0.5, 0.6) is 0 Å². The molecule has 0 aromatic rings. The van der Waals surface area contributed by atoms with E-state index in [9.17, 15) is 9.32 Å². The summed E-state index contributed by atoms with van der Waals surface area (Å²) in [6.07, 6.45) is 3.40.